The lowest BCUT2D eigenvalue weighted by Crippen LogP contribution is -2.56. The second kappa shape index (κ2) is 4.75. The monoisotopic (exact) mass is 203 g/mol. The molecule has 0 bridgehead atoms. The average molecular weight is 203 g/mol. The normalized spacial score (nSPS) is 12.9. The van der Waals surface area contributed by atoms with Gasteiger partial charge in [0, 0.05) is 12.0 Å². The van der Waals surface area contributed by atoms with Crippen molar-refractivity contribution in [3.05, 3.63) is 0 Å². The molecule has 0 aromatic rings. The van der Waals surface area contributed by atoms with E-state index < -0.39 is 17.1 Å². The summed E-state index contributed by atoms with van der Waals surface area (Å²) in [5.74, 6) is -0.784. The van der Waals surface area contributed by atoms with Gasteiger partial charge < -0.3 is 15.5 Å². The van der Waals surface area contributed by atoms with Crippen molar-refractivity contribution in [3.63, 3.8) is 0 Å². The SMILES string of the molecule is CC(C)(O)C(C)(C)NCCCC(=O)O. The molecule has 3 N–H and O–H groups in total. The van der Waals surface area contributed by atoms with Crippen LogP contribution in [0.5, 0.6) is 0 Å². The Balaban J connectivity index is 3.83. The Hall–Kier alpha value is -0.610. The van der Waals surface area contributed by atoms with Gasteiger partial charge in [0.1, 0.15) is 0 Å². The molecule has 0 aliphatic heterocycles. The number of hydrogen-bond acceptors (Lipinski definition) is 3. The summed E-state index contributed by atoms with van der Waals surface area (Å²) in [6.45, 7) is 7.86. The standard InChI is InChI=1S/C10H21NO3/c1-9(2,10(3,4)14)11-7-5-6-8(12)13/h11,14H,5-7H2,1-4H3,(H,12,13). The lowest BCUT2D eigenvalue weighted by atomic mass is 9.86. The highest BCUT2D eigenvalue weighted by Gasteiger charge is 2.33. The summed E-state index contributed by atoms with van der Waals surface area (Å²) in [5.41, 5.74) is -1.23. The highest BCUT2D eigenvalue weighted by molar-refractivity contribution is 5.66. The molecule has 0 radical (unpaired) electrons. The summed E-state index contributed by atoms with van der Waals surface area (Å²) < 4.78 is 0. The molecule has 4 heteroatoms. The molecular formula is C10H21NO3. The van der Waals surface area contributed by atoms with Gasteiger partial charge in [0.15, 0.2) is 0 Å². The number of aliphatic hydroxyl groups is 1. The molecule has 0 aliphatic carbocycles. The topological polar surface area (TPSA) is 69.6 Å². The number of hydrogen-bond donors (Lipinski definition) is 3. The Kier molecular flexibility index (Phi) is 4.55. The molecule has 0 aliphatic rings. The van der Waals surface area contributed by atoms with Gasteiger partial charge in [0.2, 0.25) is 0 Å². The lowest BCUT2D eigenvalue weighted by Gasteiger charge is -2.38. The zero-order valence-corrected chi connectivity index (χ0v) is 9.42. The van der Waals surface area contributed by atoms with Gasteiger partial charge in [-0.25, -0.2) is 0 Å². The van der Waals surface area contributed by atoms with E-state index >= 15 is 0 Å². The maximum absolute atomic E-state index is 10.2. The highest BCUT2D eigenvalue weighted by Crippen LogP contribution is 2.20. The number of carbonyl (C=O) groups is 1. The maximum atomic E-state index is 10.2. The number of carboxylic acid groups (broad SMARTS) is 1. The fourth-order valence-electron chi connectivity index (χ4n) is 0.857. The van der Waals surface area contributed by atoms with Crippen LogP contribution in [0.2, 0.25) is 0 Å². The van der Waals surface area contributed by atoms with E-state index in [4.69, 9.17) is 5.11 Å². The minimum Gasteiger partial charge on any atom is -0.481 e. The molecule has 0 saturated heterocycles. The van der Waals surface area contributed by atoms with E-state index in [1.807, 2.05) is 13.8 Å². The molecule has 14 heavy (non-hydrogen) atoms. The van der Waals surface area contributed by atoms with Gasteiger partial charge in [-0.15, -0.1) is 0 Å². The molecule has 0 heterocycles. The molecule has 0 aromatic carbocycles. The fraction of sp³-hybridized carbons (Fsp3) is 0.900. The Labute approximate surface area is 85.3 Å². The molecule has 4 nitrogen and oxygen atoms in total. The highest BCUT2D eigenvalue weighted by atomic mass is 16.4. The van der Waals surface area contributed by atoms with Crippen LogP contribution in [0.15, 0.2) is 0 Å². The van der Waals surface area contributed by atoms with Gasteiger partial charge in [-0.3, -0.25) is 4.79 Å². The lowest BCUT2D eigenvalue weighted by molar-refractivity contribution is -0.137. The molecule has 0 spiro atoms. The van der Waals surface area contributed by atoms with Crippen LogP contribution in [0.1, 0.15) is 40.5 Å². The van der Waals surface area contributed by atoms with Crippen LogP contribution in [-0.2, 0) is 4.79 Å². The van der Waals surface area contributed by atoms with Crippen LogP contribution >= 0.6 is 0 Å². The van der Waals surface area contributed by atoms with Crippen LogP contribution in [0.25, 0.3) is 0 Å². The molecule has 84 valence electrons. The Morgan fingerprint density at radius 3 is 2.14 bits per heavy atom. The Morgan fingerprint density at radius 2 is 1.79 bits per heavy atom. The predicted molar refractivity (Wildman–Crippen MR) is 55.2 cm³/mol. The average Bonchev–Trinajstić information content (AvgIpc) is 1.95. The second-order valence-corrected chi connectivity index (χ2v) is 4.61. The van der Waals surface area contributed by atoms with Crippen LogP contribution in [0.4, 0.5) is 0 Å². The van der Waals surface area contributed by atoms with Crippen LogP contribution in [0, 0.1) is 0 Å². The van der Waals surface area contributed by atoms with E-state index in [-0.39, 0.29) is 6.42 Å². The van der Waals surface area contributed by atoms with E-state index in [2.05, 4.69) is 5.32 Å². The summed E-state index contributed by atoms with van der Waals surface area (Å²) in [4.78, 5) is 10.2. The van der Waals surface area contributed by atoms with E-state index in [0.717, 1.165) is 0 Å². The summed E-state index contributed by atoms with van der Waals surface area (Å²) in [6, 6.07) is 0. The largest absolute Gasteiger partial charge is 0.481 e. The maximum Gasteiger partial charge on any atom is 0.303 e. The number of aliphatic carboxylic acids is 1. The molecular weight excluding hydrogens is 182 g/mol. The third-order valence-corrected chi connectivity index (χ3v) is 2.66. The van der Waals surface area contributed by atoms with Crippen molar-refractivity contribution < 1.29 is 15.0 Å². The van der Waals surface area contributed by atoms with Crippen LogP contribution in [-0.4, -0.2) is 33.9 Å². The van der Waals surface area contributed by atoms with Gasteiger partial charge in [-0.05, 0) is 40.7 Å². The first-order valence-corrected chi connectivity index (χ1v) is 4.86. The fourth-order valence-corrected chi connectivity index (χ4v) is 0.857. The zero-order chi connectivity index (χ0) is 11.4. The number of rotatable bonds is 6. The molecule has 0 unspecified atom stereocenters. The number of carboxylic acids is 1. The van der Waals surface area contributed by atoms with Crippen molar-refractivity contribution >= 4 is 5.97 Å². The predicted octanol–water partition coefficient (Wildman–Crippen LogP) is 0.990. The smallest absolute Gasteiger partial charge is 0.303 e. The zero-order valence-electron chi connectivity index (χ0n) is 9.42. The van der Waals surface area contributed by atoms with E-state index in [0.29, 0.717) is 13.0 Å². The summed E-state index contributed by atoms with van der Waals surface area (Å²) >= 11 is 0. The summed E-state index contributed by atoms with van der Waals surface area (Å²) in [7, 11) is 0. The van der Waals surface area contributed by atoms with Gasteiger partial charge in [-0.1, -0.05) is 0 Å². The first-order chi connectivity index (χ1) is 6.17. The van der Waals surface area contributed by atoms with Gasteiger partial charge in [-0.2, -0.15) is 0 Å². The molecule has 0 rings (SSSR count). The van der Waals surface area contributed by atoms with Gasteiger partial charge >= 0.3 is 5.97 Å². The molecule has 0 amide bonds. The van der Waals surface area contributed by atoms with Crippen molar-refractivity contribution in [2.75, 3.05) is 6.54 Å². The van der Waals surface area contributed by atoms with Crippen molar-refractivity contribution in [2.45, 2.75) is 51.7 Å². The van der Waals surface area contributed by atoms with E-state index in [9.17, 15) is 9.90 Å². The Bertz CT molecular complexity index is 194. The van der Waals surface area contributed by atoms with E-state index in [1.54, 1.807) is 13.8 Å². The molecule has 0 atom stereocenters. The van der Waals surface area contributed by atoms with Gasteiger partial charge in [0.05, 0.1) is 5.60 Å². The van der Waals surface area contributed by atoms with Gasteiger partial charge in [0.25, 0.3) is 0 Å². The third-order valence-electron chi connectivity index (χ3n) is 2.66. The minimum absolute atomic E-state index is 0.162. The quantitative estimate of drug-likeness (QED) is 0.563. The second-order valence-electron chi connectivity index (χ2n) is 4.61. The molecule has 0 fully saturated rings. The van der Waals surface area contributed by atoms with E-state index in [1.165, 1.54) is 0 Å². The Morgan fingerprint density at radius 1 is 1.29 bits per heavy atom. The molecule has 0 saturated carbocycles. The molecule has 0 aromatic heterocycles. The first-order valence-electron chi connectivity index (χ1n) is 4.86. The minimum atomic E-state index is -0.823. The first kappa shape index (κ1) is 13.4. The third kappa shape index (κ3) is 4.58. The van der Waals surface area contributed by atoms with Crippen LogP contribution in [0.3, 0.4) is 0 Å². The summed E-state index contributed by atoms with van der Waals surface area (Å²) in [5, 5.41) is 21.3. The van der Waals surface area contributed by atoms with Crippen molar-refractivity contribution in [2.24, 2.45) is 0 Å². The van der Waals surface area contributed by atoms with Crippen LogP contribution < -0.4 is 5.32 Å². The van der Waals surface area contributed by atoms with Crippen molar-refractivity contribution in [1.82, 2.24) is 5.32 Å². The van der Waals surface area contributed by atoms with Crippen molar-refractivity contribution in [1.29, 1.82) is 0 Å². The summed E-state index contributed by atoms with van der Waals surface area (Å²) in [6.07, 6.45) is 0.740. The number of nitrogens with one attached hydrogen (secondary N) is 1. The van der Waals surface area contributed by atoms with Crippen molar-refractivity contribution in [3.8, 4) is 0 Å².